The van der Waals surface area contributed by atoms with Gasteiger partial charge in [-0.2, -0.15) is 0 Å². The summed E-state index contributed by atoms with van der Waals surface area (Å²) in [6, 6.07) is 10.3. The highest BCUT2D eigenvalue weighted by atomic mass is 127. The van der Waals surface area contributed by atoms with Gasteiger partial charge in [-0.3, -0.25) is 4.79 Å². The molecule has 1 atom stereocenters. The quantitative estimate of drug-likeness (QED) is 0.340. The molecule has 1 unspecified atom stereocenters. The Balaban J connectivity index is 0.00000300. The van der Waals surface area contributed by atoms with E-state index in [4.69, 9.17) is 15.7 Å². The first-order valence-corrected chi connectivity index (χ1v) is 10.7. The maximum atomic E-state index is 11.3. The number of hydrogen-bond acceptors (Lipinski definition) is 4. The summed E-state index contributed by atoms with van der Waals surface area (Å²) >= 11 is 1.70. The van der Waals surface area contributed by atoms with Crippen molar-refractivity contribution in [2.45, 2.75) is 39.7 Å². The third-order valence-corrected chi connectivity index (χ3v) is 6.12. The van der Waals surface area contributed by atoms with Crippen molar-refractivity contribution in [3.63, 3.8) is 0 Å². The first-order chi connectivity index (χ1) is 13.6. The van der Waals surface area contributed by atoms with Gasteiger partial charge in [0.2, 0.25) is 5.91 Å². The molecule has 1 aliphatic heterocycles. The van der Waals surface area contributed by atoms with Gasteiger partial charge in [0, 0.05) is 36.5 Å². The van der Waals surface area contributed by atoms with Crippen molar-refractivity contribution in [2.75, 3.05) is 19.6 Å². The first kappa shape index (κ1) is 23.6. The molecule has 3 N–H and O–H groups in total. The summed E-state index contributed by atoms with van der Waals surface area (Å²) in [5.74, 6) is 0.998. The number of carbonyl (C=O) groups is 1. The third-order valence-electron chi connectivity index (χ3n) is 4.93. The Hall–Kier alpha value is -1.68. The third kappa shape index (κ3) is 6.67. The molecule has 1 aromatic heterocycles. The fourth-order valence-corrected chi connectivity index (χ4v) is 4.55. The Morgan fingerprint density at radius 2 is 2.14 bits per heavy atom. The molecule has 8 heteroatoms. The number of hydrogen-bond donors (Lipinski definition) is 2. The van der Waals surface area contributed by atoms with Crippen molar-refractivity contribution in [3.8, 4) is 10.6 Å². The summed E-state index contributed by atoms with van der Waals surface area (Å²) < 4.78 is 0. The van der Waals surface area contributed by atoms with Gasteiger partial charge in [-0.05, 0) is 32.6 Å². The Bertz CT molecular complexity index is 824. The van der Waals surface area contributed by atoms with Crippen LogP contribution in [0, 0.1) is 12.8 Å². The number of halogens is 1. The summed E-state index contributed by atoms with van der Waals surface area (Å²) in [7, 11) is 0. The molecule has 0 saturated carbocycles. The van der Waals surface area contributed by atoms with Gasteiger partial charge in [-0.25, -0.2) is 9.98 Å². The van der Waals surface area contributed by atoms with Crippen molar-refractivity contribution in [1.29, 1.82) is 0 Å². The van der Waals surface area contributed by atoms with E-state index < -0.39 is 0 Å². The number of likely N-dealkylation sites (tertiary alicyclic amines) is 1. The summed E-state index contributed by atoms with van der Waals surface area (Å²) in [5.41, 5.74) is 7.57. The van der Waals surface area contributed by atoms with Crippen LogP contribution in [-0.2, 0) is 11.3 Å². The van der Waals surface area contributed by atoms with Crippen LogP contribution in [0.15, 0.2) is 35.3 Å². The molecule has 3 rings (SSSR count). The summed E-state index contributed by atoms with van der Waals surface area (Å²) in [6.07, 6.45) is 2.55. The number of piperidine rings is 1. The molecule has 0 spiro atoms. The number of rotatable bonds is 6. The van der Waals surface area contributed by atoms with Crippen LogP contribution in [-0.4, -0.2) is 41.4 Å². The molecule has 0 bridgehead atoms. The van der Waals surface area contributed by atoms with Crippen LogP contribution in [0.3, 0.4) is 0 Å². The van der Waals surface area contributed by atoms with E-state index in [-0.39, 0.29) is 29.9 Å². The second-order valence-corrected chi connectivity index (χ2v) is 8.27. The van der Waals surface area contributed by atoms with Crippen LogP contribution in [0.25, 0.3) is 10.6 Å². The van der Waals surface area contributed by atoms with Gasteiger partial charge in [-0.15, -0.1) is 35.3 Å². The van der Waals surface area contributed by atoms with E-state index in [1.165, 1.54) is 4.88 Å². The number of nitrogens with two attached hydrogens (primary N) is 1. The molecule has 1 aromatic carbocycles. The Kier molecular flexibility index (Phi) is 9.35. The summed E-state index contributed by atoms with van der Waals surface area (Å²) in [4.78, 5) is 24.3. The van der Waals surface area contributed by atoms with E-state index in [0.717, 1.165) is 54.7 Å². The Labute approximate surface area is 194 Å². The number of nitrogens with zero attached hydrogens (tertiary/aromatic N) is 3. The van der Waals surface area contributed by atoms with E-state index >= 15 is 0 Å². The number of carbonyl (C=O) groups excluding carboxylic acids is 1. The highest BCUT2D eigenvalue weighted by Crippen LogP contribution is 2.28. The SMILES string of the molecule is CCNC(=NCc1sc(-c2ccccc2)nc1C)N1CCCC(CC(N)=O)C1.I. The number of aliphatic imine (C=N–C) groups is 1. The van der Waals surface area contributed by atoms with E-state index in [2.05, 4.69) is 29.3 Å². The zero-order valence-electron chi connectivity index (χ0n) is 17.1. The van der Waals surface area contributed by atoms with Crippen LogP contribution >= 0.6 is 35.3 Å². The minimum Gasteiger partial charge on any atom is -0.370 e. The van der Waals surface area contributed by atoms with Crippen LogP contribution in [0.1, 0.15) is 36.8 Å². The van der Waals surface area contributed by atoms with Crippen LogP contribution in [0.4, 0.5) is 0 Å². The van der Waals surface area contributed by atoms with E-state index in [1.807, 2.05) is 25.1 Å². The number of primary amides is 1. The van der Waals surface area contributed by atoms with Gasteiger partial charge in [-0.1, -0.05) is 30.3 Å². The number of aromatic nitrogens is 1. The smallest absolute Gasteiger partial charge is 0.217 e. The predicted molar refractivity (Wildman–Crippen MR) is 131 cm³/mol. The largest absolute Gasteiger partial charge is 0.370 e. The lowest BCUT2D eigenvalue weighted by Crippen LogP contribution is -2.47. The molecule has 1 saturated heterocycles. The van der Waals surface area contributed by atoms with Crippen LogP contribution in [0.5, 0.6) is 0 Å². The van der Waals surface area contributed by atoms with Crippen molar-refractivity contribution in [1.82, 2.24) is 15.2 Å². The topological polar surface area (TPSA) is 83.6 Å². The highest BCUT2D eigenvalue weighted by molar-refractivity contribution is 14.0. The van der Waals surface area contributed by atoms with E-state index in [0.29, 0.717) is 18.9 Å². The molecule has 0 radical (unpaired) electrons. The molecule has 29 heavy (non-hydrogen) atoms. The maximum Gasteiger partial charge on any atom is 0.217 e. The number of thiazole rings is 1. The average Bonchev–Trinajstić information content (AvgIpc) is 3.06. The lowest BCUT2D eigenvalue weighted by atomic mass is 9.95. The zero-order chi connectivity index (χ0) is 19.9. The monoisotopic (exact) mass is 527 g/mol. The predicted octanol–water partition coefficient (Wildman–Crippen LogP) is 3.79. The van der Waals surface area contributed by atoms with Gasteiger partial charge >= 0.3 is 0 Å². The molecule has 0 aliphatic carbocycles. The first-order valence-electron chi connectivity index (χ1n) is 9.90. The second-order valence-electron chi connectivity index (χ2n) is 7.19. The van der Waals surface area contributed by atoms with Crippen molar-refractivity contribution in [3.05, 3.63) is 40.9 Å². The lowest BCUT2D eigenvalue weighted by Gasteiger charge is -2.34. The van der Waals surface area contributed by atoms with Gasteiger partial charge < -0.3 is 16.0 Å². The Morgan fingerprint density at radius 3 is 2.83 bits per heavy atom. The number of aryl methyl sites for hydroxylation is 1. The Morgan fingerprint density at radius 1 is 1.38 bits per heavy atom. The fraction of sp³-hybridized carbons (Fsp3) is 0.476. The normalized spacial score (nSPS) is 17.0. The van der Waals surface area contributed by atoms with E-state index in [1.54, 1.807) is 11.3 Å². The van der Waals surface area contributed by atoms with Crippen molar-refractivity contribution < 1.29 is 4.79 Å². The molecule has 158 valence electrons. The van der Waals surface area contributed by atoms with Crippen LogP contribution in [0.2, 0.25) is 0 Å². The van der Waals surface area contributed by atoms with Crippen LogP contribution < -0.4 is 11.1 Å². The number of benzene rings is 1. The fourth-order valence-electron chi connectivity index (χ4n) is 3.56. The van der Waals surface area contributed by atoms with Gasteiger partial charge in [0.15, 0.2) is 5.96 Å². The molecule has 6 nitrogen and oxygen atoms in total. The second kappa shape index (κ2) is 11.5. The lowest BCUT2D eigenvalue weighted by molar-refractivity contribution is -0.119. The molecule has 1 fully saturated rings. The minimum absolute atomic E-state index is 0. The number of amides is 1. The van der Waals surface area contributed by atoms with Crippen molar-refractivity contribution in [2.24, 2.45) is 16.6 Å². The molecule has 1 amide bonds. The summed E-state index contributed by atoms with van der Waals surface area (Å²) in [5, 5.41) is 4.43. The number of nitrogens with one attached hydrogen (secondary N) is 1. The summed E-state index contributed by atoms with van der Waals surface area (Å²) in [6.45, 7) is 7.32. The maximum absolute atomic E-state index is 11.3. The van der Waals surface area contributed by atoms with Gasteiger partial charge in [0.05, 0.1) is 12.2 Å². The number of guanidine groups is 1. The van der Waals surface area contributed by atoms with E-state index in [9.17, 15) is 4.79 Å². The minimum atomic E-state index is -0.220. The highest BCUT2D eigenvalue weighted by Gasteiger charge is 2.23. The molecule has 2 heterocycles. The molecule has 2 aromatic rings. The van der Waals surface area contributed by atoms with Crippen molar-refractivity contribution >= 4 is 47.2 Å². The molecular formula is C21H30IN5OS. The molecule has 1 aliphatic rings. The average molecular weight is 527 g/mol. The standard InChI is InChI=1S/C21H29N5OS.HI/c1-3-23-21(26-11-7-8-16(14-26)12-19(22)27)24-13-18-15(2)25-20(28-18)17-9-5-4-6-10-17;/h4-6,9-10,16H,3,7-8,11-14H2,1-2H3,(H2,22,27)(H,23,24);1H. The zero-order valence-corrected chi connectivity index (χ0v) is 20.2. The van der Waals surface area contributed by atoms with Gasteiger partial charge in [0.25, 0.3) is 0 Å². The molecular weight excluding hydrogens is 497 g/mol. The van der Waals surface area contributed by atoms with Gasteiger partial charge in [0.1, 0.15) is 5.01 Å².